The van der Waals surface area contributed by atoms with E-state index in [9.17, 15) is 54.8 Å². The number of rotatable bonds is 5. The summed E-state index contributed by atoms with van der Waals surface area (Å²) in [5.41, 5.74) is 1.43. The van der Waals surface area contributed by atoms with E-state index in [0.717, 1.165) is 29.8 Å². The Balaban J connectivity index is 1.64. The van der Waals surface area contributed by atoms with Gasteiger partial charge in [-0.1, -0.05) is 35.4 Å². The maximum atomic E-state index is 13.4. The topological polar surface area (TPSA) is 236 Å². The average molecular weight is 768 g/mol. The molecule has 1 aliphatic carbocycles. The Kier molecular flexibility index (Phi) is 9.25. The van der Waals surface area contributed by atoms with E-state index in [-0.39, 0.29) is 73.7 Å². The van der Waals surface area contributed by atoms with Crippen molar-refractivity contribution in [3.8, 4) is 23.0 Å². The van der Waals surface area contributed by atoms with Gasteiger partial charge in [0.2, 0.25) is 0 Å². The largest absolute Gasteiger partial charge is 0.507 e. The number of phenols is 4. The molecule has 52 heavy (non-hydrogen) atoms. The van der Waals surface area contributed by atoms with E-state index >= 15 is 0 Å². The lowest BCUT2D eigenvalue weighted by atomic mass is 9.90. The van der Waals surface area contributed by atoms with E-state index in [1.807, 2.05) is 0 Å². The Morgan fingerprint density at radius 2 is 0.750 bits per heavy atom. The lowest BCUT2D eigenvalue weighted by molar-refractivity contribution is 0.449. The first-order valence-electron chi connectivity index (χ1n) is 15.6. The lowest BCUT2D eigenvalue weighted by Crippen LogP contribution is -2.13. The average Bonchev–Trinajstić information content (AvgIpc) is 3.03. The fraction of sp³-hybridized carbons (Fsp3) is 0.167. The van der Waals surface area contributed by atoms with Crippen LogP contribution in [0.4, 0.5) is 5.69 Å². The molecule has 0 spiro atoms. The number of aryl methyl sites for hydroxylation is 2. The third-order valence-electron chi connectivity index (χ3n) is 8.87. The minimum absolute atomic E-state index is 0.0292. The van der Waals surface area contributed by atoms with E-state index in [4.69, 9.17) is 0 Å². The van der Waals surface area contributed by atoms with Gasteiger partial charge in [-0.2, -0.15) is 16.8 Å². The highest BCUT2D eigenvalue weighted by Gasteiger charge is 2.25. The van der Waals surface area contributed by atoms with Crippen LogP contribution in [-0.2, 0) is 55.9 Å². The van der Waals surface area contributed by atoms with Crippen molar-refractivity contribution >= 4 is 35.9 Å². The highest BCUT2D eigenvalue weighted by atomic mass is 32.2. The van der Waals surface area contributed by atoms with Gasteiger partial charge in [-0.25, -0.2) is 8.42 Å². The first kappa shape index (κ1) is 36.7. The van der Waals surface area contributed by atoms with Crippen LogP contribution in [0.5, 0.6) is 23.0 Å². The summed E-state index contributed by atoms with van der Waals surface area (Å²) in [6, 6.07) is 15.7. The van der Waals surface area contributed by atoms with Gasteiger partial charge in [0, 0.05) is 64.8 Å². The number of nitrogens with one attached hydrogen (secondary N) is 1. The maximum absolute atomic E-state index is 13.4. The van der Waals surface area contributed by atoms with Crippen LogP contribution in [0.3, 0.4) is 0 Å². The third kappa shape index (κ3) is 7.42. The van der Waals surface area contributed by atoms with Gasteiger partial charge in [0.1, 0.15) is 23.0 Å². The fourth-order valence-electron chi connectivity index (χ4n) is 6.34. The van der Waals surface area contributed by atoms with Crippen LogP contribution in [-0.4, -0.2) is 54.8 Å². The highest BCUT2D eigenvalue weighted by Crippen LogP contribution is 2.40. The number of hydrogen-bond donors (Lipinski definition) is 7. The van der Waals surface area contributed by atoms with Gasteiger partial charge in [-0.15, -0.1) is 0 Å². The predicted molar refractivity (Wildman–Crippen MR) is 190 cm³/mol. The van der Waals surface area contributed by atoms with Crippen molar-refractivity contribution in [1.29, 1.82) is 0 Å². The van der Waals surface area contributed by atoms with Crippen molar-refractivity contribution in [2.45, 2.75) is 54.2 Å². The molecule has 0 saturated carbocycles. The molecule has 0 atom stereocenters. The normalized spacial score (nSPS) is 13.5. The fourth-order valence-corrected chi connectivity index (χ4v) is 8.54. The molecule has 8 bridgehead atoms. The van der Waals surface area contributed by atoms with Crippen molar-refractivity contribution in [2.75, 3.05) is 4.72 Å². The van der Waals surface area contributed by atoms with Gasteiger partial charge >= 0.3 is 0 Å². The molecule has 0 heterocycles. The Labute approximate surface area is 300 Å². The second-order valence-corrected chi connectivity index (χ2v) is 17.4. The number of aromatic hydroxyl groups is 4. The molecule has 1 aliphatic rings. The van der Waals surface area contributed by atoms with Gasteiger partial charge in [0.15, 0.2) is 0 Å². The van der Waals surface area contributed by atoms with Gasteiger partial charge in [-0.05, 0) is 73.5 Å². The number of hydrogen-bond acceptors (Lipinski definition) is 10. The number of anilines is 1. The van der Waals surface area contributed by atoms with E-state index < -0.39 is 70.1 Å². The first-order chi connectivity index (χ1) is 24.2. The number of fused-ring (bicyclic) bond motifs is 8. The van der Waals surface area contributed by atoms with Crippen molar-refractivity contribution in [1.82, 2.24) is 0 Å². The zero-order valence-corrected chi connectivity index (χ0v) is 30.1. The monoisotopic (exact) mass is 767 g/mol. The Morgan fingerprint density at radius 3 is 1.08 bits per heavy atom. The Bertz CT molecular complexity index is 2480. The lowest BCUT2D eigenvalue weighted by Gasteiger charge is -2.19. The van der Waals surface area contributed by atoms with Crippen LogP contribution in [0.25, 0.3) is 0 Å². The van der Waals surface area contributed by atoms with Crippen LogP contribution in [0.15, 0.2) is 87.5 Å². The Morgan fingerprint density at radius 1 is 0.442 bits per heavy atom. The molecule has 0 radical (unpaired) electrons. The summed E-state index contributed by atoms with van der Waals surface area (Å²) in [5.74, 6) is -1.62. The van der Waals surface area contributed by atoms with Crippen LogP contribution in [0, 0.1) is 13.8 Å². The number of benzene rings is 5. The van der Waals surface area contributed by atoms with Gasteiger partial charge < -0.3 is 20.4 Å². The van der Waals surface area contributed by atoms with Crippen LogP contribution >= 0.6 is 0 Å². The van der Waals surface area contributed by atoms with Crippen LogP contribution in [0.1, 0.15) is 55.6 Å². The van der Waals surface area contributed by atoms with Crippen LogP contribution < -0.4 is 4.72 Å². The van der Waals surface area contributed by atoms with Crippen molar-refractivity contribution in [2.24, 2.45) is 0 Å². The number of phenolic OH excluding ortho intramolecular Hbond substituents is 4. The van der Waals surface area contributed by atoms with E-state index in [1.54, 1.807) is 38.1 Å². The molecule has 0 aromatic heterocycles. The zero-order valence-electron chi connectivity index (χ0n) is 27.6. The summed E-state index contributed by atoms with van der Waals surface area (Å²) in [5, 5.41) is 45.9. The minimum Gasteiger partial charge on any atom is -0.507 e. The summed E-state index contributed by atoms with van der Waals surface area (Å²) >= 11 is 0. The van der Waals surface area contributed by atoms with E-state index in [2.05, 4.69) is 4.72 Å². The molecule has 272 valence electrons. The molecule has 0 fully saturated rings. The van der Waals surface area contributed by atoms with E-state index in [1.165, 1.54) is 24.3 Å². The molecule has 5 aromatic carbocycles. The van der Waals surface area contributed by atoms with Gasteiger partial charge in [0.25, 0.3) is 30.3 Å². The van der Waals surface area contributed by atoms with Crippen molar-refractivity contribution < 1.29 is 54.8 Å². The summed E-state index contributed by atoms with van der Waals surface area (Å²) < 4.78 is 98.9. The molecule has 0 amide bonds. The minimum atomic E-state index is -4.84. The molecule has 0 unspecified atom stereocenters. The molecule has 7 N–H and O–H groups in total. The molecule has 0 saturated heterocycles. The molecule has 0 aliphatic heterocycles. The first-order valence-corrected chi connectivity index (χ1v) is 20.0. The summed E-state index contributed by atoms with van der Waals surface area (Å²) in [6.45, 7) is 3.48. The zero-order chi connectivity index (χ0) is 37.9. The highest BCUT2D eigenvalue weighted by molar-refractivity contribution is 7.92. The van der Waals surface area contributed by atoms with Crippen molar-refractivity contribution in [3.05, 3.63) is 128 Å². The van der Waals surface area contributed by atoms with Crippen molar-refractivity contribution in [3.63, 3.8) is 0 Å². The summed E-state index contributed by atoms with van der Waals surface area (Å²) in [4.78, 5) is -1.26. The molecule has 6 rings (SSSR count). The van der Waals surface area contributed by atoms with Gasteiger partial charge in [0.05, 0.1) is 14.7 Å². The molecule has 16 heteroatoms. The smallest absolute Gasteiger partial charge is 0.294 e. The number of sulfonamides is 1. The second-order valence-electron chi connectivity index (χ2n) is 12.8. The van der Waals surface area contributed by atoms with E-state index in [0.29, 0.717) is 5.56 Å². The predicted octanol–water partition coefficient (Wildman–Crippen LogP) is 5.10. The molecular formula is C36H33NO12S3. The summed E-state index contributed by atoms with van der Waals surface area (Å²) in [6.07, 6.45) is -1.37. The molecule has 5 aromatic rings. The Hall–Kier alpha value is -5.13. The SMILES string of the molecule is Cc1ccc(S(=O)(=O)Nc2cc3c(O)c(c2)Cc2cc(S(=O)(=O)O)cc(c2O)Cc2cc(C)cc(c2O)Cc2cc(S(=O)(=O)O)cc(c2O)C3)cc1. The van der Waals surface area contributed by atoms with Gasteiger partial charge in [-0.3, -0.25) is 13.8 Å². The maximum Gasteiger partial charge on any atom is 0.294 e. The molecule has 13 nitrogen and oxygen atoms in total. The standard InChI is InChI=1S/C36H33NO12S3/c1-19-3-5-30(6-4-19)50(42,43)37-29-13-23-11-27-17-31(51(44,45)46)15-25(35(27)40)9-21-7-20(2)8-22(33(21)38)10-26-16-32(52(47,48)49)18-28(36(26)41)12-24(14-29)34(23)39/h3-8,13-18,37-41H,9-12H2,1-2H3,(H,44,45,46)(H,47,48,49). The third-order valence-corrected chi connectivity index (χ3v) is 11.9. The molecular weight excluding hydrogens is 735 g/mol. The second kappa shape index (κ2) is 13.1. The quantitative estimate of drug-likeness (QED) is 0.0897. The van der Waals surface area contributed by atoms with Crippen LogP contribution in [0.2, 0.25) is 0 Å². The summed E-state index contributed by atoms with van der Waals surface area (Å²) in [7, 11) is -13.9.